The van der Waals surface area contributed by atoms with E-state index in [0.717, 1.165) is 23.4 Å². The summed E-state index contributed by atoms with van der Waals surface area (Å²) in [6.07, 6.45) is 0.864. The van der Waals surface area contributed by atoms with E-state index >= 15 is 4.39 Å². The third kappa shape index (κ3) is 4.80. The molecule has 3 N–H and O–H groups in total. The summed E-state index contributed by atoms with van der Waals surface area (Å²) in [5.74, 6) is 0.859. The van der Waals surface area contributed by atoms with Crippen LogP contribution in [0.3, 0.4) is 0 Å². The van der Waals surface area contributed by atoms with Crippen LogP contribution in [0.25, 0.3) is 0 Å². The van der Waals surface area contributed by atoms with Gasteiger partial charge >= 0.3 is 6.09 Å². The number of alkyl carbamates (subject to hydrolysis) is 1. The minimum Gasteiger partial charge on any atom is -0.487 e. The van der Waals surface area contributed by atoms with Crippen molar-refractivity contribution in [2.24, 2.45) is 0 Å². The molecule has 1 aromatic carbocycles. The lowest BCUT2D eigenvalue weighted by molar-refractivity contribution is 0.0453. The number of hydrogen-bond donors (Lipinski definition) is 2. The van der Waals surface area contributed by atoms with Crippen LogP contribution >= 0.6 is 0 Å². The van der Waals surface area contributed by atoms with Crippen molar-refractivity contribution in [2.75, 3.05) is 30.3 Å². The summed E-state index contributed by atoms with van der Waals surface area (Å²) in [7, 11) is 0. The smallest absolute Gasteiger partial charge is 0.407 e. The van der Waals surface area contributed by atoms with E-state index in [-0.39, 0.29) is 12.1 Å². The Morgan fingerprint density at radius 3 is 2.57 bits per heavy atom. The molecule has 0 bridgehead atoms. The highest BCUT2D eigenvalue weighted by Gasteiger charge is 2.37. The molecule has 0 radical (unpaired) electrons. The number of rotatable bonds is 3. The van der Waals surface area contributed by atoms with E-state index < -0.39 is 17.4 Å². The average Bonchev–Trinajstić information content (AvgIpc) is 2.85. The van der Waals surface area contributed by atoms with Gasteiger partial charge in [-0.15, -0.1) is 0 Å². The number of nitrogens with one attached hydrogen (secondary N) is 1. The van der Waals surface area contributed by atoms with Gasteiger partial charge < -0.3 is 25.4 Å². The van der Waals surface area contributed by atoms with E-state index in [1.807, 2.05) is 12.1 Å². The molecule has 2 aliphatic heterocycles. The summed E-state index contributed by atoms with van der Waals surface area (Å²) in [5.41, 5.74) is 6.70. The Bertz CT molecular complexity index is 750. The van der Waals surface area contributed by atoms with Crippen molar-refractivity contribution in [1.29, 1.82) is 0 Å². The van der Waals surface area contributed by atoms with E-state index in [9.17, 15) is 4.79 Å². The predicted octanol–water partition coefficient (Wildman–Crippen LogP) is 3.82. The van der Waals surface area contributed by atoms with Crippen LogP contribution in [0.2, 0.25) is 0 Å². The SMILES string of the molecule is CC(C)(C)OC(=O)NCC1(F)CCN(c2cc3c(cc2N)CC(C)(C)O3)CC1. The summed E-state index contributed by atoms with van der Waals surface area (Å²) in [5, 5.41) is 2.56. The second-order valence-electron chi connectivity index (χ2n) is 9.55. The number of hydrogen-bond acceptors (Lipinski definition) is 5. The first-order valence-corrected chi connectivity index (χ1v) is 9.88. The molecule has 0 spiro atoms. The van der Waals surface area contributed by atoms with E-state index in [2.05, 4.69) is 24.1 Å². The zero-order chi connectivity index (χ0) is 20.7. The first kappa shape index (κ1) is 20.6. The molecule has 2 heterocycles. The molecule has 6 nitrogen and oxygen atoms in total. The zero-order valence-electron chi connectivity index (χ0n) is 17.5. The fraction of sp³-hybridized carbons (Fsp3) is 0.667. The Morgan fingerprint density at radius 2 is 1.96 bits per heavy atom. The first-order valence-electron chi connectivity index (χ1n) is 9.88. The van der Waals surface area contributed by atoms with E-state index in [0.29, 0.717) is 31.6 Å². The van der Waals surface area contributed by atoms with Crippen LogP contribution in [0.1, 0.15) is 53.0 Å². The summed E-state index contributed by atoms with van der Waals surface area (Å²) in [4.78, 5) is 13.9. The number of halogens is 1. The maximum Gasteiger partial charge on any atom is 0.407 e. The third-order valence-corrected chi connectivity index (χ3v) is 5.16. The van der Waals surface area contributed by atoms with Crippen LogP contribution in [-0.4, -0.2) is 42.6 Å². The van der Waals surface area contributed by atoms with Crippen LogP contribution < -0.4 is 20.7 Å². The topological polar surface area (TPSA) is 76.8 Å². The number of carbonyl (C=O) groups is 1. The van der Waals surface area contributed by atoms with Crippen molar-refractivity contribution >= 4 is 17.5 Å². The summed E-state index contributed by atoms with van der Waals surface area (Å²) in [6.45, 7) is 10.5. The second-order valence-corrected chi connectivity index (χ2v) is 9.55. The molecule has 0 aliphatic carbocycles. The molecule has 0 unspecified atom stereocenters. The van der Waals surface area contributed by atoms with Crippen LogP contribution in [0, 0.1) is 0 Å². The molecule has 28 heavy (non-hydrogen) atoms. The first-order chi connectivity index (χ1) is 12.9. The molecular formula is C21H32FN3O3. The average molecular weight is 394 g/mol. The van der Waals surface area contributed by atoms with Crippen molar-refractivity contribution in [3.05, 3.63) is 17.7 Å². The van der Waals surface area contributed by atoms with Gasteiger partial charge in [0.15, 0.2) is 0 Å². The van der Waals surface area contributed by atoms with Gasteiger partial charge in [-0.3, -0.25) is 0 Å². The van der Waals surface area contributed by atoms with Crippen molar-refractivity contribution in [3.63, 3.8) is 0 Å². The van der Waals surface area contributed by atoms with Crippen molar-refractivity contribution in [2.45, 2.75) is 70.8 Å². The van der Waals surface area contributed by atoms with Gasteiger partial charge in [0.05, 0.1) is 17.9 Å². The molecular weight excluding hydrogens is 361 g/mol. The zero-order valence-corrected chi connectivity index (χ0v) is 17.5. The highest BCUT2D eigenvalue weighted by atomic mass is 19.1. The van der Waals surface area contributed by atoms with Gasteiger partial charge in [-0.2, -0.15) is 0 Å². The number of nitrogen functional groups attached to an aromatic ring is 1. The molecule has 0 saturated carbocycles. The normalized spacial score (nSPS) is 20.3. The van der Waals surface area contributed by atoms with Gasteiger partial charge in [0.2, 0.25) is 0 Å². The van der Waals surface area contributed by atoms with E-state index in [1.165, 1.54) is 0 Å². The van der Waals surface area contributed by atoms with Crippen molar-refractivity contribution < 1.29 is 18.7 Å². The molecule has 1 amide bonds. The molecule has 1 aromatic rings. The molecule has 7 heteroatoms. The van der Waals surface area contributed by atoms with Gasteiger partial charge in [-0.05, 0) is 40.7 Å². The van der Waals surface area contributed by atoms with Crippen LogP contribution in [0.15, 0.2) is 12.1 Å². The van der Waals surface area contributed by atoms with Gasteiger partial charge in [0.1, 0.15) is 22.6 Å². The van der Waals surface area contributed by atoms with Gasteiger partial charge in [-0.25, -0.2) is 9.18 Å². The molecule has 3 rings (SSSR count). The van der Waals surface area contributed by atoms with E-state index in [1.54, 1.807) is 20.8 Å². The fourth-order valence-corrected chi connectivity index (χ4v) is 3.80. The molecule has 1 fully saturated rings. The third-order valence-electron chi connectivity index (χ3n) is 5.16. The number of ether oxygens (including phenoxy) is 2. The number of piperidine rings is 1. The number of carbonyl (C=O) groups excluding carboxylic acids is 1. The largest absolute Gasteiger partial charge is 0.487 e. The highest BCUT2D eigenvalue weighted by Crippen LogP contribution is 2.41. The Morgan fingerprint density at radius 1 is 1.32 bits per heavy atom. The Labute approximate surface area is 166 Å². The molecule has 0 atom stereocenters. The summed E-state index contributed by atoms with van der Waals surface area (Å²) in [6, 6.07) is 3.95. The minimum atomic E-state index is -1.45. The Balaban J connectivity index is 1.59. The predicted molar refractivity (Wildman–Crippen MR) is 109 cm³/mol. The number of nitrogens with zero attached hydrogens (tertiary/aromatic N) is 1. The maximum atomic E-state index is 15.1. The molecule has 1 saturated heterocycles. The van der Waals surface area contributed by atoms with Crippen LogP contribution in [0.4, 0.5) is 20.6 Å². The lowest BCUT2D eigenvalue weighted by atomic mass is 9.92. The number of anilines is 2. The lowest BCUT2D eigenvalue weighted by Gasteiger charge is -2.38. The van der Waals surface area contributed by atoms with Gasteiger partial charge in [-0.1, -0.05) is 0 Å². The minimum absolute atomic E-state index is 0.0489. The summed E-state index contributed by atoms with van der Waals surface area (Å²) < 4.78 is 26.3. The molecule has 0 aromatic heterocycles. The van der Waals surface area contributed by atoms with Gasteiger partial charge in [0.25, 0.3) is 0 Å². The molecule has 2 aliphatic rings. The number of nitrogens with two attached hydrogens (primary N) is 1. The van der Waals surface area contributed by atoms with Crippen molar-refractivity contribution in [3.8, 4) is 5.75 Å². The van der Waals surface area contributed by atoms with E-state index in [4.69, 9.17) is 15.2 Å². The van der Waals surface area contributed by atoms with Crippen molar-refractivity contribution in [1.82, 2.24) is 5.32 Å². The lowest BCUT2D eigenvalue weighted by Crippen LogP contribution is -2.49. The number of fused-ring (bicyclic) bond motifs is 1. The number of amides is 1. The molecule has 156 valence electrons. The second kappa shape index (κ2) is 7.01. The maximum absolute atomic E-state index is 15.1. The fourth-order valence-electron chi connectivity index (χ4n) is 3.80. The quantitative estimate of drug-likeness (QED) is 0.764. The highest BCUT2D eigenvalue weighted by molar-refractivity contribution is 5.72. The summed E-state index contributed by atoms with van der Waals surface area (Å²) >= 11 is 0. The Hall–Kier alpha value is -2.18. The number of alkyl halides is 1. The van der Waals surface area contributed by atoms with Gasteiger partial charge in [0, 0.05) is 44.0 Å². The van der Waals surface area contributed by atoms with Crippen LogP contribution in [0.5, 0.6) is 5.75 Å². The van der Waals surface area contributed by atoms with Crippen LogP contribution in [-0.2, 0) is 11.2 Å². The Kier molecular flexibility index (Phi) is 5.15. The number of benzene rings is 1. The monoisotopic (exact) mass is 393 g/mol. The standard InChI is InChI=1S/C21H32FN3O3/c1-19(2,3)28-18(26)24-13-21(22)6-8-25(9-7-21)16-11-17-14(10-15(16)23)12-20(4,5)27-17/h10-11H,6-9,12-13,23H2,1-5H3,(H,24,26).